The van der Waals surface area contributed by atoms with Gasteiger partial charge in [0.15, 0.2) is 0 Å². The molecule has 0 aromatic carbocycles. The first kappa shape index (κ1) is 14.2. The minimum Gasteiger partial charge on any atom is -0.480 e. The first-order chi connectivity index (χ1) is 7.78. The van der Waals surface area contributed by atoms with Gasteiger partial charge in [-0.3, -0.25) is 4.79 Å². The number of hydrogen-bond donors (Lipinski definition) is 2. The molecular formula is C11H19NO4S. The first-order valence-corrected chi connectivity index (χ1v) is 6.67. The van der Waals surface area contributed by atoms with E-state index in [1.807, 2.05) is 20.8 Å². The van der Waals surface area contributed by atoms with Crippen molar-refractivity contribution in [2.24, 2.45) is 0 Å². The maximum atomic E-state index is 11.5. The molecule has 1 aliphatic rings. The van der Waals surface area contributed by atoms with Crippen molar-refractivity contribution < 1.29 is 19.4 Å². The van der Waals surface area contributed by atoms with Gasteiger partial charge in [0.1, 0.15) is 10.9 Å². The number of amides is 1. The van der Waals surface area contributed by atoms with Crippen molar-refractivity contribution in [1.29, 1.82) is 0 Å². The fraction of sp³-hybridized carbons (Fsp3) is 0.818. The third-order valence-corrected chi connectivity index (χ3v) is 3.71. The Balaban J connectivity index is 2.31. The van der Waals surface area contributed by atoms with Crippen LogP contribution in [0.4, 0.5) is 4.79 Å². The molecule has 1 rings (SSSR count). The summed E-state index contributed by atoms with van der Waals surface area (Å²) in [6.45, 7) is 5.42. The SMILES string of the molecule is CC(C)(C)OC(=O)N[C@@H]1CC[C@@H](C(=O)O)SC1. The zero-order valence-corrected chi connectivity index (χ0v) is 11.2. The van der Waals surface area contributed by atoms with Crippen LogP contribution in [0.2, 0.25) is 0 Å². The second kappa shape index (κ2) is 5.62. The van der Waals surface area contributed by atoms with E-state index in [0.717, 1.165) is 0 Å². The second-order valence-corrected chi connectivity index (χ2v) is 6.32. The summed E-state index contributed by atoms with van der Waals surface area (Å²) in [6, 6.07) is 0.00505. The van der Waals surface area contributed by atoms with Crippen LogP contribution in [0.25, 0.3) is 0 Å². The fourth-order valence-corrected chi connectivity index (χ4v) is 2.69. The lowest BCUT2D eigenvalue weighted by Crippen LogP contribution is -2.43. The van der Waals surface area contributed by atoms with Gasteiger partial charge in [0.2, 0.25) is 0 Å². The van der Waals surface area contributed by atoms with E-state index in [1.54, 1.807) is 0 Å². The van der Waals surface area contributed by atoms with Gasteiger partial charge in [-0.1, -0.05) is 0 Å². The summed E-state index contributed by atoms with van der Waals surface area (Å²) < 4.78 is 5.14. The fourth-order valence-electron chi connectivity index (χ4n) is 1.53. The Morgan fingerprint density at radius 3 is 2.41 bits per heavy atom. The average molecular weight is 261 g/mol. The van der Waals surface area contributed by atoms with Gasteiger partial charge in [0, 0.05) is 11.8 Å². The molecule has 0 saturated carbocycles. The maximum Gasteiger partial charge on any atom is 0.407 e. The van der Waals surface area contributed by atoms with Gasteiger partial charge in [-0.2, -0.15) is 0 Å². The average Bonchev–Trinajstić information content (AvgIpc) is 2.15. The number of carbonyl (C=O) groups excluding carboxylic acids is 1. The molecule has 1 amide bonds. The van der Waals surface area contributed by atoms with Gasteiger partial charge in [0.25, 0.3) is 0 Å². The summed E-state index contributed by atoms with van der Waals surface area (Å²) in [5, 5.41) is 11.2. The topological polar surface area (TPSA) is 75.6 Å². The molecule has 2 N–H and O–H groups in total. The Bertz CT molecular complexity index is 292. The van der Waals surface area contributed by atoms with E-state index in [-0.39, 0.29) is 11.3 Å². The zero-order chi connectivity index (χ0) is 13.1. The minimum atomic E-state index is -0.772. The number of nitrogens with one attached hydrogen (secondary N) is 1. The van der Waals surface area contributed by atoms with Crippen LogP contribution in [-0.2, 0) is 9.53 Å². The normalized spacial score (nSPS) is 25.1. The third kappa shape index (κ3) is 5.30. The van der Waals surface area contributed by atoms with Crippen molar-refractivity contribution in [3.05, 3.63) is 0 Å². The summed E-state index contributed by atoms with van der Waals surface area (Å²) in [7, 11) is 0. The number of thioether (sulfide) groups is 1. The smallest absolute Gasteiger partial charge is 0.407 e. The second-order valence-electron chi connectivity index (χ2n) is 5.08. The van der Waals surface area contributed by atoms with Crippen molar-refractivity contribution >= 4 is 23.8 Å². The number of aliphatic carboxylic acids is 1. The molecule has 0 aromatic heterocycles. The van der Waals surface area contributed by atoms with E-state index >= 15 is 0 Å². The van der Waals surface area contributed by atoms with Crippen molar-refractivity contribution in [2.45, 2.75) is 50.5 Å². The van der Waals surface area contributed by atoms with Crippen LogP contribution in [0.15, 0.2) is 0 Å². The van der Waals surface area contributed by atoms with Crippen LogP contribution in [0.3, 0.4) is 0 Å². The van der Waals surface area contributed by atoms with Gasteiger partial charge in [-0.05, 0) is 33.6 Å². The van der Waals surface area contributed by atoms with E-state index in [4.69, 9.17) is 9.84 Å². The Morgan fingerprint density at radius 2 is 2.00 bits per heavy atom. The number of ether oxygens (including phenoxy) is 1. The largest absolute Gasteiger partial charge is 0.480 e. The molecule has 1 saturated heterocycles. The van der Waals surface area contributed by atoms with Crippen molar-refractivity contribution in [3.8, 4) is 0 Å². The molecule has 5 nitrogen and oxygen atoms in total. The highest BCUT2D eigenvalue weighted by Gasteiger charge is 2.28. The van der Waals surface area contributed by atoms with Gasteiger partial charge in [0.05, 0.1) is 0 Å². The molecule has 1 fully saturated rings. The first-order valence-electron chi connectivity index (χ1n) is 5.62. The van der Waals surface area contributed by atoms with Gasteiger partial charge < -0.3 is 15.2 Å². The lowest BCUT2D eigenvalue weighted by atomic mass is 10.1. The summed E-state index contributed by atoms with van der Waals surface area (Å²) in [5.41, 5.74) is -0.504. The highest BCUT2D eigenvalue weighted by Crippen LogP contribution is 2.25. The van der Waals surface area contributed by atoms with E-state index < -0.39 is 17.7 Å². The van der Waals surface area contributed by atoms with E-state index in [2.05, 4.69) is 5.32 Å². The van der Waals surface area contributed by atoms with Gasteiger partial charge in [-0.15, -0.1) is 11.8 Å². The van der Waals surface area contributed by atoms with Crippen LogP contribution >= 0.6 is 11.8 Å². The highest BCUT2D eigenvalue weighted by molar-refractivity contribution is 8.00. The zero-order valence-electron chi connectivity index (χ0n) is 10.4. The molecule has 0 bridgehead atoms. The number of hydrogen-bond acceptors (Lipinski definition) is 4. The molecule has 1 heterocycles. The van der Waals surface area contributed by atoms with Crippen LogP contribution in [-0.4, -0.2) is 39.8 Å². The van der Waals surface area contributed by atoms with E-state index in [1.165, 1.54) is 11.8 Å². The van der Waals surface area contributed by atoms with Crippen LogP contribution < -0.4 is 5.32 Å². The lowest BCUT2D eigenvalue weighted by Gasteiger charge is -2.28. The van der Waals surface area contributed by atoms with E-state index in [0.29, 0.717) is 18.6 Å². The quantitative estimate of drug-likeness (QED) is 0.793. The third-order valence-electron chi connectivity index (χ3n) is 2.27. The maximum absolute atomic E-state index is 11.5. The summed E-state index contributed by atoms with van der Waals surface area (Å²) in [5.74, 6) is -0.151. The number of carboxylic acids is 1. The number of carboxylic acid groups (broad SMARTS) is 1. The molecular weight excluding hydrogens is 242 g/mol. The van der Waals surface area contributed by atoms with Crippen molar-refractivity contribution in [2.75, 3.05) is 5.75 Å². The Labute approximate surface area is 105 Å². The molecule has 0 aliphatic carbocycles. The molecule has 1 aliphatic heterocycles. The lowest BCUT2D eigenvalue weighted by molar-refractivity contribution is -0.136. The Hall–Kier alpha value is -0.910. The minimum absolute atomic E-state index is 0.00505. The molecule has 0 unspecified atom stereocenters. The predicted molar refractivity (Wildman–Crippen MR) is 66.3 cm³/mol. The molecule has 6 heteroatoms. The summed E-state index contributed by atoms with van der Waals surface area (Å²) in [6.07, 6.45) is 0.834. The number of alkyl carbamates (subject to hydrolysis) is 1. The molecule has 98 valence electrons. The van der Waals surface area contributed by atoms with E-state index in [9.17, 15) is 9.59 Å². The summed E-state index contributed by atoms with van der Waals surface area (Å²) >= 11 is 1.37. The van der Waals surface area contributed by atoms with Crippen molar-refractivity contribution in [1.82, 2.24) is 5.32 Å². The monoisotopic (exact) mass is 261 g/mol. The molecule has 17 heavy (non-hydrogen) atoms. The Morgan fingerprint density at radius 1 is 1.35 bits per heavy atom. The molecule has 0 spiro atoms. The number of carbonyl (C=O) groups is 2. The van der Waals surface area contributed by atoms with Gasteiger partial charge >= 0.3 is 12.1 Å². The Kier molecular flexibility index (Phi) is 4.68. The molecule has 2 atom stereocenters. The predicted octanol–water partition coefficient (Wildman–Crippen LogP) is 1.86. The van der Waals surface area contributed by atoms with Crippen LogP contribution in [0, 0.1) is 0 Å². The van der Waals surface area contributed by atoms with Gasteiger partial charge in [-0.25, -0.2) is 4.79 Å². The standard InChI is InChI=1S/C11H19NO4S/c1-11(2,3)16-10(15)12-7-4-5-8(9(13)14)17-6-7/h7-8H,4-6H2,1-3H3,(H,12,15)(H,13,14)/t7-,8+/m1/s1. The van der Waals surface area contributed by atoms with Crippen molar-refractivity contribution in [3.63, 3.8) is 0 Å². The summed E-state index contributed by atoms with van der Waals surface area (Å²) in [4.78, 5) is 22.2. The molecule has 0 radical (unpaired) electrons. The van der Waals surface area contributed by atoms with Crippen LogP contribution in [0.5, 0.6) is 0 Å². The molecule has 0 aromatic rings. The highest BCUT2D eigenvalue weighted by atomic mass is 32.2. The number of rotatable bonds is 2. The van der Waals surface area contributed by atoms with Crippen LogP contribution in [0.1, 0.15) is 33.6 Å².